The van der Waals surface area contributed by atoms with Gasteiger partial charge in [-0.3, -0.25) is 0 Å². The van der Waals surface area contributed by atoms with Gasteiger partial charge < -0.3 is 19.7 Å². The lowest BCUT2D eigenvalue weighted by molar-refractivity contribution is 0.00623. The molecule has 0 radical (unpaired) electrons. The van der Waals surface area contributed by atoms with E-state index in [1.54, 1.807) is 0 Å². The number of nitrogens with one attached hydrogen (secondary N) is 1. The van der Waals surface area contributed by atoms with Crippen molar-refractivity contribution < 1.29 is 14.4 Å². The van der Waals surface area contributed by atoms with Gasteiger partial charge in [-0.15, -0.1) is 0 Å². The molecule has 0 saturated carbocycles. The van der Waals surface area contributed by atoms with Gasteiger partial charge in [0.2, 0.25) is 6.39 Å². The molecule has 1 rings (SSSR count). The van der Waals surface area contributed by atoms with Crippen LogP contribution in [0.1, 0.15) is 19.7 Å². The summed E-state index contributed by atoms with van der Waals surface area (Å²) < 4.78 is 9.81. The summed E-state index contributed by atoms with van der Waals surface area (Å²) in [5.41, 5.74) is 0. The molecule has 0 aliphatic heterocycles. The second-order valence-corrected chi connectivity index (χ2v) is 3.51. The highest BCUT2D eigenvalue weighted by atomic mass is 16.5. The quantitative estimate of drug-likeness (QED) is 0.663. The first-order valence-corrected chi connectivity index (χ1v) is 4.94. The number of rotatable bonds is 7. The maximum absolute atomic E-state index is 9.47. The largest absolute Gasteiger partial charge is 0.389 e. The summed E-state index contributed by atoms with van der Waals surface area (Å²) in [5.74, 6) is 0.576. The van der Waals surface area contributed by atoms with Crippen molar-refractivity contribution in [2.75, 3.05) is 13.2 Å². The Morgan fingerprint density at radius 1 is 1.60 bits per heavy atom. The standard InChI is InChI=1S/C9H17N3O3/c1-7(2)14-5-8(13)3-10-4-9-11-6-15-12-9/h6-8,10,13H,3-5H2,1-2H3. The van der Waals surface area contributed by atoms with Gasteiger partial charge in [-0.1, -0.05) is 5.16 Å². The summed E-state index contributed by atoms with van der Waals surface area (Å²) in [4.78, 5) is 3.83. The van der Waals surface area contributed by atoms with E-state index >= 15 is 0 Å². The van der Waals surface area contributed by atoms with E-state index < -0.39 is 6.10 Å². The van der Waals surface area contributed by atoms with Gasteiger partial charge in [0.25, 0.3) is 0 Å². The molecule has 0 aromatic carbocycles. The van der Waals surface area contributed by atoms with Gasteiger partial charge in [-0.25, -0.2) is 0 Å². The Balaban J connectivity index is 2.04. The third-order valence-corrected chi connectivity index (χ3v) is 1.69. The Labute approximate surface area is 88.6 Å². The average molecular weight is 215 g/mol. The molecule has 0 fully saturated rings. The van der Waals surface area contributed by atoms with Crippen LogP contribution in [0.2, 0.25) is 0 Å². The van der Waals surface area contributed by atoms with Crippen LogP contribution in [0.15, 0.2) is 10.9 Å². The summed E-state index contributed by atoms with van der Waals surface area (Å²) >= 11 is 0. The van der Waals surface area contributed by atoms with E-state index in [0.29, 0.717) is 25.5 Å². The van der Waals surface area contributed by atoms with Crippen LogP contribution in [0.5, 0.6) is 0 Å². The predicted molar refractivity (Wildman–Crippen MR) is 53.1 cm³/mol. The lowest BCUT2D eigenvalue weighted by atomic mass is 10.3. The van der Waals surface area contributed by atoms with Crippen molar-refractivity contribution in [2.24, 2.45) is 0 Å². The van der Waals surface area contributed by atoms with E-state index in [2.05, 4.69) is 20.0 Å². The molecule has 1 unspecified atom stereocenters. The fraction of sp³-hybridized carbons (Fsp3) is 0.778. The molecule has 0 aliphatic rings. The second-order valence-electron chi connectivity index (χ2n) is 3.51. The Kier molecular flexibility index (Phi) is 5.23. The predicted octanol–water partition coefficient (Wildman–Crippen LogP) is -0.0549. The highest BCUT2D eigenvalue weighted by molar-refractivity contribution is 4.76. The maximum atomic E-state index is 9.47. The van der Waals surface area contributed by atoms with E-state index in [1.807, 2.05) is 13.8 Å². The molecule has 0 spiro atoms. The Bertz CT molecular complexity index is 251. The minimum atomic E-state index is -0.515. The lowest BCUT2D eigenvalue weighted by Crippen LogP contribution is -2.31. The molecule has 0 amide bonds. The molecule has 1 heterocycles. The molecule has 2 N–H and O–H groups in total. The normalized spacial score (nSPS) is 13.3. The van der Waals surface area contributed by atoms with Crippen LogP contribution in [-0.2, 0) is 11.3 Å². The van der Waals surface area contributed by atoms with Crippen LogP contribution in [-0.4, -0.2) is 40.6 Å². The van der Waals surface area contributed by atoms with Crippen LogP contribution in [0, 0.1) is 0 Å². The van der Waals surface area contributed by atoms with Crippen molar-refractivity contribution >= 4 is 0 Å². The Morgan fingerprint density at radius 2 is 2.40 bits per heavy atom. The van der Waals surface area contributed by atoms with Gasteiger partial charge in [0, 0.05) is 6.54 Å². The van der Waals surface area contributed by atoms with Crippen LogP contribution in [0.4, 0.5) is 0 Å². The number of aromatic nitrogens is 2. The van der Waals surface area contributed by atoms with E-state index in [1.165, 1.54) is 6.39 Å². The van der Waals surface area contributed by atoms with Crippen molar-refractivity contribution in [3.8, 4) is 0 Å². The summed E-state index contributed by atoms with van der Waals surface area (Å²) in [6.07, 6.45) is 0.895. The molecule has 0 saturated heterocycles. The molecule has 1 atom stereocenters. The zero-order valence-electron chi connectivity index (χ0n) is 9.01. The van der Waals surface area contributed by atoms with Gasteiger partial charge in [-0.05, 0) is 13.8 Å². The first kappa shape index (κ1) is 12.1. The minimum absolute atomic E-state index is 0.136. The Hall–Kier alpha value is -0.980. The zero-order chi connectivity index (χ0) is 11.1. The molecular weight excluding hydrogens is 198 g/mol. The monoisotopic (exact) mass is 215 g/mol. The highest BCUT2D eigenvalue weighted by Gasteiger charge is 2.05. The third-order valence-electron chi connectivity index (χ3n) is 1.69. The number of ether oxygens (including phenoxy) is 1. The van der Waals surface area contributed by atoms with Crippen molar-refractivity contribution in [3.05, 3.63) is 12.2 Å². The van der Waals surface area contributed by atoms with E-state index in [9.17, 15) is 5.11 Å². The van der Waals surface area contributed by atoms with Gasteiger partial charge in [-0.2, -0.15) is 4.98 Å². The summed E-state index contributed by atoms with van der Waals surface area (Å²) in [6.45, 7) is 5.12. The Morgan fingerprint density at radius 3 is 3.00 bits per heavy atom. The van der Waals surface area contributed by atoms with Crippen molar-refractivity contribution in [2.45, 2.75) is 32.6 Å². The second kappa shape index (κ2) is 6.49. The van der Waals surface area contributed by atoms with Crippen molar-refractivity contribution in [3.63, 3.8) is 0 Å². The van der Waals surface area contributed by atoms with Crippen LogP contribution >= 0.6 is 0 Å². The number of hydrogen-bond acceptors (Lipinski definition) is 6. The van der Waals surface area contributed by atoms with Crippen LogP contribution in [0.3, 0.4) is 0 Å². The molecule has 86 valence electrons. The first-order valence-electron chi connectivity index (χ1n) is 4.94. The first-order chi connectivity index (χ1) is 7.18. The lowest BCUT2D eigenvalue weighted by Gasteiger charge is -2.13. The van der Waals surface area contributed by atoms with Gasteiger partial charge in [0.05, 0.1) is 25.4 Å². The molecule has 0 aliphatic carbocycles. The number of aliphatic hydroxyl groups excluding tert-OH is 1. The molecule has 1 aromatic rings. The maximum Gasteiger partial charge on any atom is 0.213 e. The molecule has 0 bridgehead atoms. The smallest absolute Gasteiger partial charge is 0.213 e. The number of nitrogens with zero attached hydrogens (tertiary/aromatic N) is 2. The molecule has 15 heavy (non-hydrogen) atoms. The van der Waals surface area contributed by atoms with Gasteiger partial charge >= 0.3 is 0 Å². The van der Waals surface area contributed by atoms with E-state index in [4.69, 9.17) is 4.74 Å². The summed E-state index contributed by atoms with van der Waals surface area (Å²) in [5, 5.41) is 16.1. The summed E-state index contributed by atoms with van der Waals surface area (Å²) in [7, 11) is 0. The number of hydrogen-bond donors (Lipinski definition) is 2. The third kappa shape index (κ3) is 5.46. The van der Waals surface area contributed by atoms with Crippen molar-refractivity contribution in [1.82, 2.24) is 15.5 Å². The summed E-state index contributed by atoms with van der Waals surface area (Å²) in [6, 6.07) is 0. The SMILES string of the molecule is CC(C)OCC(O)CNCc1ncon1. The van der Waals surface area contributed by atoms with E-state index in [-0.39, 0.29) is 6.10 Å². The van der Waals surface area contributed by atoms with Crippen molar-refractivity contribution in [1.29, 1.82) is 0 Å². The topological polar surface area (TPSA) is 80.4 Å². The van der Waals surface area contributed by atoms with Gasteiger partial charge in [0.1, 0.15) is 0 Å². The highest BCUT2D eigenvalue weighted by Crippen LogP contribution is 1.92. The van der Waals surface area contributed by atoms with Crippen LogP contribution < -0.4 is 5.32 Å². The molecule has 6 nitrogen and oxygen atoms in total. The fourth-order valence-corrected chi connectivity index (χ4v) is 0.983. The van der Waals surface area contributed by atoms with Crippen LogP contribution in [0.25, 0.3) is 0 Å². The molecule has 6 heteroatoms. The van der Waals surface area contributed by atoms with E-state index in [0.717, 1.165) is 0 Å². The molecular formula is C9H17N3O3. The number of aliphatic hydroxyl groups is 1. The van der Waals surface area contributed by atoms with Gasteiger partial charge in [0.15, 0.2) is 5.82 Å². The molecule has 1 aromatic heterocycles. The zero-order valence-corrected chi connectivity index (χ0v) is 9.01. The minimum Gasteiger partial charge on any atom is -0.389 e. The average Bonchev–Trinajstić information content (AvgIpc) is 2.67. The fourth-order valence-electron chi connectivity index (χ4n) is 0.983.